The largest absolute Gasteiger partial charge is 0.495 e. The van der Waals surface area contributed by atoms with Crippen molar-refractivity contribution in [2.24, 2.45) is 0 Å². The number of carbonyl (C=O) groups is 2. The van der Waals surface area contributed by atoms with Gasteiger partial charge < -0.3 is 15.4 Å². The molecule has 0 spiro atoms. The maximum atomic E-state index is 12.1. The molecule has 0 fully saturated rings. The Kier molecular flexibility index (Phi) is 7.14. The van der Waals surface area contributed by atoms with Gasteiger partial charge in [0.25, 0.3) is 0 Å². The van der Waals surface area contributed by atoms with Crippen molar-refractivity contribution < 1.29 is 14.3 Å². The van der Waals surface area contributed by atoms with Gasteiger partial charge in [-0.15, -0.1) is 0 Å². The first-order chi connectivity index (χ1) is 10.4. The number of carbonyl (C=O) groups excluding carboxylic acids is 2. The van der Waals surface area contributed by atoms with Crippen molar-refractivity contribution in [3.05, 3.63) is 23.2 Å². The van der Waals surface area contributed by atoms with Gasteiger partial charge in [-0.25, -0.2) is 0 Å². The molecule has 22 heavy (non-hydrogen) atoms. The van der Waals surface area contributed by atoms with Crippen LogP contribution in [0.2, 0.25) is 5.02 Å². The lowest BCUT2D eigenvalue weighted by Gasteiger charge is -2.23. The summed E-state index contributed by atoms with van der Waals surface area (Å²) in [6, 6.07) is 4.58. The van der Waals surface area contributed by atoms with Gasteiger partial charge in [0.15, 0.2) is 0 Å². The van der Waals surface area contributed by atoms with Crippen LogP contribution in [0.5, 0.6) is 5.75 Å². The molecule has 7 heteroatoms. The third kappa shape index (κ3) is 5.20. The smallest absolute Gasteiger partial charge is 0.238 e. The molecule has 0 aliphatic carbocycles. The second kappa shape index (κ2) is 8.60. The lowest BCUT2D eigenvalue weighted by atomic mass is 10.2. The molecule has 0 saturated carbocycles. The van der Waals surface area contributed by atoms with Gasteiger partial charge in [0, 0.05) is 11.6 Å². The molecule has 2 amide bonds. The number of halogens is 1. The first-order valence-corrected chi connectivity index (χ1v) is 7.38. The molecule has 1 rings (SSSR count). The molecular weight excluding hydrogens is 306 g/mol. The summed E-state index contributed by atoms with van der Waals surface area (Å²) in [5.41, 5.74) is 0.499. The van der Waals surface area contributed by atoms with Crippen molar-refractivity contribution in [1.82, 2.24) is 10.2 Å². The molecule has 6 nitrogen and oxygen atoms in total. The minimum Gasteiger partial charge on any atom is -0.495 e. The lowest BCUT2D eigenvalue weighted by molar-refractivity contribution is -0.126. The number of hydrogen-bond acceptors (Lipinski definition) is 4. The van der Waals surface area contributed by atoms with E-state index in [4.69, 9.17) is 16.3 Å². The number of ether oxygens (including phenoxy) is 1. The Balaban J connectivity index is 2.66. The van der Waals surface area contributed by atoms with E-state index in [9.17, 15) is 9.59 Å². The molecule has 1 atom stereocenters. The molecule has 0 radical (unpaired) electrons. The average molecular weight is 328 g/mol. The molecule has 122 valence electrons. The Morgan fingerprint density at radius 2 is 2.09 bits per heavy atom. The predicted octanol–water partition coefficient (Wildman–Crippen LogP) is 1.74. The summed E-state index contributed by atoms with van der Waals surface area (Å²) in [6.45, 7) is 4.23. The van der Waals surface area contributed by atoms with Crippen LogP contribution in [0.25, 0.3) is 0 Å². The summed E-state index contributed by atoms with van der Waals surface area (Å²) < 4.78 is 5.17. The van der Waals surface area contributed by atoms with E-state index in [1.54, 1.807) is 37.1 Å². The molecular formula is C15H22ClN3O3. The molecule has 0 unspecified atom stereocenters. The third-order valence-corrected chi connectivity index (χ3v) is 3.46. The topological polar surface area (TPSA) is 70.7 Å². The standard InChI is InChI=1S/C15H22ClN3O3/c1-5-17-15(21)10(2)19(3)9-14(20)18-12-8-11(16)6-7-13(12)22-4/h6-8,10H,5,9H2,1-4H3,(H,17,21)(H,18,20)/t10-/m0/s1. The first kappa shape index (κ1) is 18.3. The number of amides is 2. The summed E-state index contributed by atoms with van der Waals surface area (Å²) in [5, 5.41) is 5.96. The number of rotatable bonds is 7. The zero-order valence-corrected chi connectivity index (χ0v) is 14.0. The zero-order valence-electron chi connectivity index (χ0n) is 13.3. The van der Waals surface area contributed by atoms with Gasteiger partial charge in [0.1, 0.15) is 5.75 Å². The van der Waals surface area contributed by atoms with E-state index in [1.807, 2.05) is 6.92 Å². The van der Waals surface area contributed by atoms with Gasteiger partial charge in [-0.2, -0.15) is 0 Å². The average Bonchev–Trinajstić information content (AvgIpc) is 2.46. The third-order valence-electron chi connectivity index (χ3n) is 3.22. The first-order valence-electron chi connectivity index (χ1n) is 7.00. The fraction of sp³-hybridized carbons (Fsp3) is 0.467. The Bertz CT molecular complexity index is 537. The lowest BCUT2D eigenvalue weighted by Crippen LogP contribution is -2.45. The summed E-state index contributed by atoms with van der Waals surface area (Å²) in [6.07, 6.45) is 0. The highest BCUT2D eigenvalue weighted by Crippen LogP contribution is 2.27. The number of methoxy groups -OCH3 is 1. The summed E-state index contributed by atoms with van der Waals surface area (Å²) in [7, 11) is 3.23. The van der Waals surface area contributed by atoms with Gasteiger partial charge in [0.05, 0.1) is 25.4 Å². The number of anilines is 1. The van der Waals surface area contributed by atoms with Crippen molar-refractivity contribution in [2.45, 2.75) is 19.9 Å². The molecule has 0 aliphatic heterocycles. The maximum Gasteiger partial charge on any atom is 0.238 e. The van der Waals surface area contributed by atoms with Crippen LogP contribution in [-0.4, -0.2) is 50.0 Å². The van der Waals surface area contributed by atoms with Gasteiger partial charge >= 0.3 is 0 Å². The van der Waals surface area contributed by atoms with Crippen LogP contribution < -0.4 is 15.4 Å². The fourth-order valence-electron chi connectivity index (χ4n) is 1.85. The van der Waals surface area contributed by atoms with Crippen LogP contribution in [-0.2, 0) is 9.59 Å². The highest BCUT2D eigenvalue weighted by atomic mass is 35.5. The van der Waals surface area contributed by atoms with Crippen molar-refractivity contribution >= 4 is 29.1 Å². The van der Waals surface area contributed by atoms with Crippen LogP contribution >= 0.6 is 11.6 Å². The van der Waals surface area contributed by atoms with Crippen molar-refractivity contribution in [3.63, 3.8) is 0 Å². The number of likely N-dealkylation sites (N-methyl/N-ethyl adjacent to an activating group) is 2. The molecule has 0 aliphatic rings. The Hall–Kier alpha value is -1.79. The highest BCUT2D eigenvalue weighted by Gasteiger charge is 2.20. The van der Waals surface area contributed by atoms with E-state index in [2.05, 4.69) is 10.6 Å². The van der Waals surface area contributed by atoms with E-state index >= 15 is 0 Å². The molecule has 0 aromatic heterocycles. The van der Waals surface area contributed by atoms with E-state index in [-0.39, 0.29) is 18.4 Å². The van der Waals surface area contributed by atoms with Gasteiger partial charge in [-0.05, 0) is 39.1 Å². The van der Waals surface area contributed by atoms with Gasteiger partial charge in [-0.3, -0.25) is 14.5 Å². The van der Waals surface area contributed by atoms with Crippen LogP contribution in [0.4, 0.5) is 5.69 Å². The van der Waals surface area contributed by atoms with Crippen LogP contribution in [0.15, 0.2) is 18.2 Å². The van der Waals surface area contributed by atoms with Gasteiger partial charge in [0.2, 0.25) is 11.8 Å². The summed E-state index contributed by atoms with van der Waals surface area (Å²) in [4.78, 5) is 25.5. The van der Waals surface area contributed by atoms with Crippen molar-refractivity contribution in [1.29, 1.82) is 0 Å². The zero-order chi connectivity index (χ0) is 16.7. The van der Waals surface area contributed by atoms with E-state index in [0.29, 0.717) is 23.0 Å². The molecule has 0 bridgehead atoms. The van der Waals surface area contributed by atoms with Gasteiger partial charge in [-0.1, -0.05) is 11.6 Å². The number of nitrogens with one attached hydrogen (secondary N) is 2. The predicted molar refractivity (Wildman–Crippen MR) is 87.4 cm³/mol. The Labute approximate surface area is 135 Å². The summed E-state index contributed by atoms with van der Waals surface area (Å²) in [5.74, 6) is 0.162. The van der Waals surface area contributed by atoms with Crippen LogP contribution in [0.3, 0.4) is 0 Å². The minimum absolute atomic E-state index is 0.0773. The van der Waals surface area contributed by atoms with Crippen molar-refractivity contribution in [3.8, 4) is 5.75 Å². The molecule has 1 aromatic carbocycles. The Morgan fingerprint density at radius 1 is 1.41 bits per heavy atom. The fourth-order valence-corrected chi connectivity index (χ4v) is 2.03. The van der Waals surface area contributed by atoms with Crippen LogP contribution in [0.1, 0.15) is 13.8 Å². The normalized spacial score (nSPS) is 11.9. The molecule has 0 saturated heterocycles. The van der Waals surface area contributed by atoms with E-state index in [0.717, 1.165) is 0 Å². The maximum absolute atomic E-state index is 12.1. The van der Waals surface area contributed by atoms with E-state index < -0.39 is 6.04 Å². The quantitative estimate of drug-likeness (QED) is 0.800. The van der Waals surface area contributed by atoms with Crippen LogP contribution in [0, 0.1) is 0 Å². The van der Waals surface area contributed by atoms with Crippen molar-refractivity contribution in [2.75, 3.05) is 32.6 Å². The summed E-state index contributed by atoms with van der Waals surface area (Å²) >= 11 is 5.92. The number of hydrogen-bond donors (Lipinski definition) is 2. The molecule has 2 N–H and O–H groups in total. The molecule has 1 aromatic rings. The highest BCUT2D eigenvalue weighted by molar-refractivity contribution is 6.31. The SMILES string of the molecule is CCNC(=O)[C@H](C)N(C)CC(=O)Nc1cc(Cl)ccc1OC. The molecule has 0 heterocycles. The minimum atomic E-state index is -0.396. The Morgan fingerprint density at radius 3 is 2.68 bits per heavy atom. The number of benzene rings is 1. The van der Waals surface area contributed by atoms with E-state index in [1.165, 1.54) is 7.11 Å². The number of nitrogens with zero attached hydrogens (tertiary/aromatic N) is 1. The second-order valence-electron chi connectivity index (χ2n) is 4.88. The monoisotopic (exact) mass is 327 g/mol. The second-order valence-corrected chi connectivity index (χ2v) is 5.31.